The molecular weight excluding hydrogens is 504 g/mol. The summed E-state index contributed by atoms with van der Waals surface area (Å²) in [5.41, 5.74) is -2.50. The van der Waals surface area contributed by atoms with Crippen molar-refractivity contribution in [2.75, 3.05) is 0 Å². The molecule has 2 aliphatic heterocycles. The maximum Gasteiger partial charge on any atom is 0.345 e. The Balaban J connectivity index is 2.16. The number of aliphatic carboxylic acids is 2. The molecule has 0 unspecified atom stereocenters. The van der Waals surface area contributed by atoms with Crippen molar-refractivity contribution >= 4 is 29.8 Å². The van der Waals surface area contributed by atoms with Gasteiger partial charge in [-0.1, -0.05) is 38.7 Å². The van der Waals surface area contributed by atoms with Gasteiger partial charge in [0.1, 0.15) is 6.10 Å². The van der Waals surface area contributed by atoms with Gasteiger partial charge in [0.25, 0.3) is 0 Å². The number of hydrogen-bond donors (Lipinski definition) is 5. The fraction of sp³-hybridized carbons (Fsp3) is 0.577. The van der Waals surface area contributed by atoms with Crippen LogP contribution in [0.1, 0.15) is 58.3 Å². The van der Waals surface area contributed by atoms with Crippen LogP contribution < -0.4 is 0 Å². The first-order valence-electron chi connectivity index (χ1n) is 12.6. The highest BCUT2D eigenvalue weighted by Gasteiger charge is 2.48. The Labute approximate surface area is 218 Å². The molecule has 0 spiro atoms. The highest BCUT2D eigenvalue weighted by molar-refractivity contribution is 6.13. The lowest BCUT2D eigenvalue weighted by molar-refractivity contribution is -0.154. The average Bonchev–Trinajstić information content (AvgIpc) is 3.16. The van der Waals surface area contributed by atoms with Gasteiger partial charge in [-0.25, -0.2) is 24.0 Å². The van der Waals surface area contributed by atoms with Gasteiger partial charge >= 0.3 is 29.8 Å². The van der Waals surface area contributed by atoms with Crippen LogP contribution >= 0.6 is 0 Å². The number of carboxylic acids is 2. The molecule has 3 aliphatic rings. The lowest BCUT2D eigenvalue weighted by Crippen LogP contribution is -2.40. The number of carbonyl (C=O) groups is 5. The normalized spacial score (nSPS) is 29.5. The summed E-state index contributed by atoms with van der Waals surface area (Å²) in [5, 5.41) is 53.5. The van der Waals surface area contributed by atoms with Gasteiger partial charge in [0.2, 0.25) is 0 Å². The molecule has 0 saturated carbocycles. The van der Waals surface area contributed by atoms with Gasteiger partial charge in [-0.15, -0.1) is 0 Å². The summed E-state index contributed by atoms with van der Waals surface area (Å²) >= 11 is 0. The SMILES string of the molecule is CCCCCC[C@H](O)[C@@H]1/C(C(=O)O)=C(/C(=O)O)C[C@H]([C@@H](O)[C@H]2CC=CC(=O)O2)CC2=C(C(=O)OC2=O)[C@H]1O. The van der Waals surface area contributed by atoms with Gasteiger partial charge in [-0.3, -0.25) is 0 Å². The van der Waals surface area contributed by atoms with E-state index >= 15 is 0 Å². The Kier molecular flexibility index (Phi) is 9.58. The first-order chi connectivity index (χ1) is 18.0. The molecule has 38 heavy (non-hydrogen) atoms. The molecule has 0 aromatic carbocycles. The van der Waals surface area contributed by atoms with E-state index in [2.05, 4.69) is 4.74 Å². The topological polar surface area (TPSA) is 205 Å². The van der Waals surface area contributed by atoms with E-state index in [9.17, 15) is 49.5 Å². The van der Waals surface area contributed by atoms with Crippen molar-refractivity contribution in [2.24, 2.45) is 11.8 Å². The molecule has 3 rings (SSSR count). The maximum absolute atomic E-state index is 12.6. The zero-order valence-electron chi connectivity index (χ0n) is 20.9. The Bertz CT molecular complexity index is 1080. The molecule has 1 aliphatic carbocycles. The van der Waals surface area contributed by atoms with Gasteiger partial charge in [0.05, 0.1) is 35.0 Å². The van der Waals surface area contributed by atoms with Gasteiger partial charge < -0.3 is 35.0 Å². The second-order valence-corrected chi connectivity index (χ2v) is 9.73. The molecule has 5 N–H and O–H groups in total. The molecule has 2 heterocycles. The number of aliphatic hydroxyl groups excluding tert-OH is 3. The van der Waals surface area contributed by atoms with Crippen LogP contribution in [0.3, 0.4) is 0 Å². The number of carbonyl (C=O) groups excluding carboxylic acids is 3. The highest BCUT2D eigenvalue weighted by atomic mass is 16.6. The fourth-order valence-electron chi connectivity index (χ4n) is 5.30. The maximum atomic E-state index is 12.6. The van der Waals surface area contributed by atoms with Crippen molar-refractivity contribution in [3.63, 3.8) is 0 Å². The third-order valence-electron chi connectivity index (χ3n) is 7.21. The van der Waals surface area contributed by atoms with Crippen molar-refractivity contribution in [1.82, 2.24) is 0 Å². The number of carboxylic acid groups (broad SMARTS) is 2. The molecule has 0 amide bonds. The molecule has 0 radical (unpaired) electrons. The van der Waals surface area contributed by atoms with Crippen molar-refractivity contribution < 1.29 is 59.0 Å². The Morgan fingerprint density at radius 2 is 1.74 bits per heavy atom. The summed E-state index contributed by atoms with van der Waals surface area (Å²) < 4.78 is 9.82. The summed E-state index contributed by atoms with van der Waals surface area (Å²) in [4.78, 5) is 61.8. The summed E-state index contributed by atoms with van der Waals surface area (Å²) in [6, 6.07) is 0. The number of hydrogen-bond acceptors (Lipinski definition) is 10. The van der Waals surface area contributed by atoms with E-state index in [1.54, 1.807) is 0 Å². The van der Waals surface area contributed by atoms with Gasteiger partial charge in [-0.2, -0.15) is 0 Å². The summed E-state index contributed by atoms with van der Waals surface area (Å²) in [7, 11) is 0. The fourth-order valence-corrected chi connectivity index (χ4v) is 5.30. The number of esters is 3. The first-order valence-corrected chi connectivity index (χ1v) is 12.6. The molecule has 6 atom stereocenters. The lowest BCUT2D eigenvalue weighted by atomic mass is 9.79. The number of unbranched alkanes of at least 4 members (excludes halogenated alkanes) is 3. The summed E-state index contributed by atoms with van der Waals surface area (Å²) in [6.07, 6.45) is -1.97. The zero-order valence-corrected chi connectivity index (χ0v) is 20.9. The molecule has 0 aromatic heterocycles. The van der Waals surface area contributed by atoms with Crippen LogP contribution in [-0.4, -0.2) is 79.8 Å². The van der Waals surface area contributed by atoms with Gasteiger partial charge in [0, 0.05) is 24.0 Å². The molecule has 0 aromatic rings. The van der Waals surface area contributed by atoms with Crippen LogP contribution in [0.2, 0.25) is 0 Å². The quantitative estimate of drug-likeness (QED) is 0.149. The van der Waals surface area contributed by atoms with E-state index in [0.717, 1.165) is 18.9 Å². The average molecular weight is 537 g/mol. The van der Waals surface area contributed by atoms with E-state index in [-0.39, 0.29) is 18.4 Å². The molecule has 0 fully saturated rings. The summed E-state index contributed by atoms with van der Waals surface area (Å²) in [6.45, 7) is 1.97. The van der Waals surface area contributed by atoms with Crippen LogP contribution in [-0.2, 0) is 33.4 Å². The second kappa shape index (κ2) is 12.5. The van der Waals surface area contributed by atoms with E-state index < -0.39 is 95.7 Å². The van der Waals surface area contributed by atoms with E-state index in [4.69, 9.17) is 4.74 Å². The first kappa shape index (κ1) is 29.2. The predicted octanol–water partition coefficient (Wildman–Crippen LogP) is 0.783. The number of cyclic esters (lactones) is 3. The molecule has 208 valence electrons. The largest absolute Gasteiger partial charge is 0.478 e. The van der Waals surface area contributed by atoms with E-state index in [1.165, 1.54) is 6.08 Å². The lowest BCUT2D eigenvalue weighted by Gasteiger charge is -2.31. The Morgan fingerprint density at radius 1 is 1.03 bits per heavy atom. The van der Waals surface area contributed by atoms with Crippen molar-refractivity contribution in [3.8, 4) is 0 Å². The van der Waals surface area contributed by atoms with Crippen LogP contribution in [0, 0.1) is 11.8 Å². The minimum atomic E-state index is -2.07. The van der Waals surface area contributed by atoms with Crippen molar-refractivity contribution in [3.05, 3.63) is 34.4 Å². The van der Waals surface area contributed by atoms with Crippen molar-refractivity contribution in [2.45, 2.75) is 82.7 Å². The third-order valence-corrected chi connectivity index (χ3v) is 7.21. The molecule has 12 nitrogen and oxygen atoms in total. The molecular formula is C26H32O12. The summed E-state index contributed by atoms with van der Waals surface area (Å²) in [5.74, 6) is -9.56. The molecule has 0 bridgehead atoms. The zero-order chi connectivity index (χ0) is 28.1. The smallest absolute Gasteiger partial charge is 0.345 e. The monoisotopic (exact) mass is 536 g/mol. The van der Waals surface area contributed by atoms with E-state index in [0.29, 0.717) is 12.8 Å². The Morgan fingerprint density at radius 3 is 2.34 bits per heavy atom. The van der Waals surface area contributed by atoms with Crippen LogP contribution in [0.4, 0.5) is 0 Å². The molecule has 12 heteroatoms. The van der Waals surface area contributed by atoms with Crippen LogP contribution in [0.5, 0.6) is 0 Å². The number of aliphatic hydroxyl groups is 3. The van der Waals surface area contributed by atoms with Crippen molar-refractivity contribution in [1.29, 1.82) is 0 Å². The van der Waals surface area contributed by atoms with E-state index in [1.807, 2.05) is 6.92 Å². The minimum absolute atomic E-state index is 0.00652. The van der Waals surface area contributed by atoms with Gasteiger partial charge in [0.15, 0.2) is 0 Å². The predicted molar refractivity (Wildman–Crippen MR) is 127 cm³/mol. The number of ether oxygens (including phenoxy) is 2. The number of rotatable bonds is 10. The molecule has 0 saturated heterocycles. The highest BCUT2D eigenvalue weighted by Crippen LogP contribution is 2.41. The van der Waals surface area contributed by atoms with Crippen LogP contribution in [0.25, 0.3) is 0 Å². The van der Waals surface area contributed by atoms with Crippen LogP contribution in [0.15, 0.2) is 34.4 Å². The van der Waals surface area contributed by atoms with Gasteiger partial charge in [-0.05, 0) is 25.2 Å². The Hall–Kier alpha value is -3.35. The standard InChI is InChI=1S/C26H32O12/c1-2-3-4-5-7-15(27)20-18(24(33)34)13(23(31)32)10-12(21(29)16-8-6-9-17(28)37-16)11-14-19(22(20)30)26(36)38-25(14)35/h6,9,12,15-16,20-22,27,29-30H,2-5,7-8,10-11H2,1H3,(H,31,32)(H,33,34)/b18-13-/t12-,15-,16+,20+,21+,22+/m0/s1. The second-order valence-electron chi connectivity index (χ2n) is 9.73. The minimum Gasteiger partial charge on any atom is -0.478 e. The third kappa shape index (κ3) is 6.20.